The zero-order chi connectivity index (χ0) is 13.2. The molecule has 0 aliphatic heterocycles. The molecule has 18 heavy (non-hydrogen) atoms. The number of rotatable bonds is 9. The van der Waals surface area contributed by atoms with E-state index < -0.39 is 0 Å². The molecule has 102 valence electrons. The number of benzene rings is 1. The van der Waals surface area contributed by atoms with Gasteiger partial charge in [0.15, 0.2) is 0 Å². The summed E-state index contributed by atoms with van der Waals surface area (Å²) >= 11 is 6.07. The topological polar surface area (TPSA) is 12.0 Å². The van der Waals surface area contributed by atoms with Crippen molar-refractivity contribution in [3.8, 4) is 0 Å². The van der Waals surface area contributed by atoms with Crippen LogP contribution in [-0.4, -0.2) is 13.6 Å². The van der Waals surface area contributed by atoms with Gasteiger partial charge in [0.2, 0.25) is 0 Å². The average Bonchev–Trinajstić information content (AvgIpc) is 2.37. The Morgan fingerprint density at radius 3 is 2.61 bits per heavy atom. The maximum atomic E-state index is 6.07. The van der Waals surface area contributed by atoms with Gasteiger partial charge in [-0.3, -0.25) is 0 Å². The Bertz CT molecular complexity index is 325. The highest BCUT2D eigenvalue weighted by molar-refractivity contribution is 6.30. The molecule has 0 aliphatic rings. The summed E-state index contributed by atoms with van der Waals surface area (Å²) in [6, 6.07) is 8.30. The van der Waals surface area contributed by atoms with Crippen molar-refractivity contribution in [2.24, 2.45) is 0 Å². The summed E-state index contributed by atoms with van der Waals surface area (Å²) in [4.78, 5) is 0. The highest BCUT2D eigenvalue weighted by Crippen LogP contribution is 2.24. The van der Waals surface area contributed by atoms with E-state index in [1.807, 2.05) is 13.1 Å². The van der Waals surface area contributed by atoms with Gasteiger partial charge in [-0.05, 0) is 37.1 Å². The minimum atomic E-state index is 0.593. The molecular formula is C16H26ClN. The normalized spacial score (nSPS) is 12.6. The van der Waals surface area contributed by atoms with Crippen LogP contribution in [0.15, 0.2) is 24.3 Å². The lowest BCUT2D eigenvalue weighted by Crippen LogP contribution is -2.17. The molecule has 0 amide bonds. The van der Waals surface area contributed by atoms with Gasteiger partial charge in [-0.1, -0.05) is 62.8 Å². The fourth-order valence-corrected chi connectivity index (χ4v) is 2.59. The van der Waals surface area contributed by atoms with Crippen molar-refractivity contribution >= 4 is 11.6 Å². The number of halogens is 1. The molecule has 1 rings (SSSR count). The van der Waals surface area contributed by atoms with Crippen molar-refractivity contribution < 1.29 is 0 Å². The van der Waals surface area contributed by atoms with Crippen LogP contribution in [0.25, 0.3) is 0 Å². The fourth-order valence-electron chi connectivity index (χ4n) is 2.39. The largest absolute Gasteiger partial charge is 0.319 e. The fraction of sp³-hybridized carbons (Fsp3) is 0.625. The molecular weight excluding hydrogens is 242 g/mol. The van der Waals surface area contributed by atoms with Crippen LogP contribution in [0.4, 0.5) is 0 Å². The molecule has 0 aromatic heterocycles. The van der Waals surface area contributed by atoms with E-state index in [0.717, 1.165) is 11.6 Å². The molecule has 1 aromatic carbocycles. The van der Waals surface area contributed by atoms with Crippen molar-refractivity contribution in [1.82, 2.24) is 5.32 Å². The van der Waals surface area contributed by atoms with E-state index in [0.29, 0.717) is 5.92 Å². The van der Waals surface area contributed by atoms with E-state index in [1.165, 1.54) is 44.1 Å². The monoisotopic (exact) mass is 267 g/mol. The van der Waals surface area contributed by atoms with Crippen LogP contribution >= 0.6 is 11.6 Å². The number of nitrogens with one attached hydrogen (secondary N) is 1. The molecule has 1 atom stereocenters. The zero-order valence-electron chi connectivity index (χ0n) is 11.7. The highest BCUT2D eigenvalue weighted by Gasteiger charge is 2.10. The quantitative estimate of drug-likeness (QED) is 0.621. The summed E-state index contributed by atoms with van der Waals surface area (Å²) < 4.78 is 0. The Kier molecular flexibility index (Phi) is 8.11. The maximum Gasteiger partial charge on any atom is 0.0408 e. The van der Waals surface area contributed by atoms with Crippen molar-refractivity contribution in [2.75, 3.05) is 13.6 Å². The summed E-state index contributed by atoms with van der Waals surface area (Å²) in [5.41, 5.74) is 1.37. The molecule has 0 saturated carbocycles. The third kappa shape index (κ3) is 5.88. The summed E-state index contributed by atoms with van der Waals surface area (Å²) in [6.07, 6.45) is 7.98. The molecule has 0 fully saturated rings. The van der Waals surface area contributed by atoms with Gasteiger partial charge < -0.3 is 5.32 Å². The van der Waals surface area contributed by atoms with E-state index in [9.17, 15) is 0 Å². The van der Waals surface area contributed by atoms with Gasteiger partial charge in [0, 0.05) is 11.6 Å². The summed E-state index contributed by atoms with van der Waals surface area (Å²) in [7, 11) is 2.02. The summed E-state index contributed by atoms with van der Waals surface area (Å²) in [5, 5.41) is 4.14. The van der Waals surface area contributed by atoms with Crippen LogP contribution in [0.3, 0.4) is 0 Å². The third-order valence-electron chi connectivity index (χ3n) is 3.43. The Morgan fingerprint density at radius 2 is 1.94 bits per heavy atom. The van der Waals surface area contributed by atoms with Crippen LogP contribution < -0.4 is 5.32 Å². The van der Waals surface area contributed by atoms with Crippen molar-refractivity contribution in [3.05, 3.63) is 34.9 Å². The SMILES string of the molecule is CCCCCCCC(CNC)c1cccc(Cl)c1. The third-order valence-corrected chi connectivity index (χ3v) is 3.66. The predicted octanol–water partition coefficient (Wildman–Crippen LogP) is 5.00. The highest BCUT2D eigenvalue weighted by atomic mass is 35.5. The lowest BCUT2D eigenvalue weighted by molar-refractivity contribution is 0.527. The first-order valence-electron chi connectivity index (χ1n) is 7.18. The minimum Gasteiger partial charge on any atom is -0.319 e. The first-order chi connectivity index (χ1) is 8.77. The van der Waals surface area contributed by atoms with Gasteiger partial charge in [-0.2, -0.15) is 0 Å². The van der Waals surface area contributed by atoms with Crippen molar-refractivity contribution in [2.45, 2.75) is 51.4 Å². The van der Waals surface area contributed by atoms with Gasteiger partial charge in [-0.25, -0.2) is 0 Å². The second kappa shape index (κ2) is 9.41. The van der Waals surface area contributed by atoms with E-state index in [4.69, 9.17) is 11.6 Å². The van der Waals surface area contributed by atoms with Crippen molar-refractivity contribution in [3.63, 3.8) is 0 Å². The number of likely N-dealkylation sites (N-methyl/N-ethyl adjacent to an activating group) is 1. The summed E-state index contributed by atoms with van der Waals surface area (Å²) in [5.74, 6) is 0.593. The molecule has 2 heteroatoms. The van der Waals surface area contributed by atoms with E-state index in [2.05, 4.69) is 30.4 Å². The van der Waals surface area contributed by atoms with Gasteiger partial charge in [0.1, 0.15) is 0 Å². The molecule has 0 spiro atoms. The van der Waals surface area contributed by atoms with E-state index in [1.54, 1.807) is 0 Å². The Labute approximate surface area is 117 Å². The first-order valence-corrected chi connectivity index (χ1v) is 7.55. The van der Waals surface area contributed by atoms with Gasteiger partial charge in [-0.15, -0.1) is 0 Å². The standard InChI is InChI=1S/C16H26ClN/c1-3-4-5-6-7-9-15(13-18-2)14-10-8-11-16(17)12-14/h8,10-12,15,18H,3-7,9,13H2,1-2H3. The van der Waals surface area contributed by atoms with Gasteiger partial charge >= 0.3 is 0 Å². The van der Waals surface area contributed by atoms with Crippen molar-refractivity contribution in [1.29, 1.82) is 0 Å². The van der Waals surface area contributed by atoms with Crippen LogP contribution in [0.5, 0.6) is 0 Å². The number of unbranched alkanes of at least 4 members (excludes halogenated alkanes) is 4. The van der Waals surface area contributed by atoms with Gasteiger partial charge in [0.05, 0.1) is 0 Å². The molecule has 1 N–H and O–H groups in total. The molecule has 0 aliphatic carbocycles. The Balaban J connectivity index is 2.44. The number of hydrogen-bond donors (Lipinski definition) is 1. The van der Waals surface area contributed by atoms with Crippen LogP contribution in [0.2, 0.25) is 5.02 Å². The lowest BCUT2D eigenvalue weighted by atomic mass is 9.93. The molecule has 0 saturated heterocycles. The average molecular weight is 268 g/mol. The van der Waals surface area contributed by atoms with E-state index in [-0.39, 0.29) is 0 Å². The molecule has 0 bridgehead atoms. The van der Waals surface area contributed by atoms with Crippen LogP contribution in [-0.2, 0) is 0 Å². The van der Waals surface area contributed by atoms with Crippen LogP contribution in [0.1, 0.15) is 56.9 Å². The van der Waals surface area contributed by atoms with Crippen LogP contribution in [0, 0.1) is 0 Å². The lowest BCUT2D eigenvalue weighted by Gasteiger charge is -2.17. The molecule has 0 heterocycles. The minimum absolute atomic E-state index is 0.593. The predicted molar refractivity (Wildman–Crippen MR) is 81.5 cm³/mol. The second-order valence-electron chi connectivity index (χ2n) is 5.01. The molecule has 1 aromatic rings. The first kappa shape index (κ1) is 15.5. The molecule has 0 radical (unpaired) electrons. The zero-order valence-corrected chi connectivity index (χ0v) is 12.5. The van der Waals surface area contributed by atoms with Gasteiger partial charge in [0.25, 0.3) is 0 Å². The summed E-state index contributed by atoms with van der Waals surface area (Å²) in [6.45, 7) is 3.30. The Hall–Kier alpha value is -0.530. The second-order valence-corrected chi connectivity index (χ2v) is 5.45. The smallest absolute Gasteiger partial charge is 0.0408 e. The van der Waals surface area contributed by atoms with E-state index >= 15 is 0 Å². The molecule has 1 nitrogen and oxygen atoms in total. The number of hydrogen-bond acceptors (Lipinski definition) is 1. The Morgan fingerprint density at radius 1 is 1.17 bits per heavy atom. The molecule has 1 unspecified atom stereocenters. The maximum absolute atomic E-state index is 6.07.